The molecule has 0 bridgehead atoms. The Morgan fingerprint density at radius 2 is 1.64 bits per heavy atom. The lowest BCUT2D eigenvalue weighted by Gasteiger charge is -2.09. The number of ketones is 1. The molecular formula is C24H21NO3. The number of methoxy groups -OCH3 is 1. The largest absolute Gasteiger partial charge is 0.497 e. The van der Waals surface area contributed by atoms with Crippen LogP contribution < -0.4 is 9.47 Å². The second-order valence-corrected chi connectivity index (χ2v) is 6.48. The highest BCUT2D eigenvalue weighted by Crippen LogP contribution is 2.24. The molecule has 4 aromatic rings. The van der Waals surface area contributed by atoms with E-state index in [-0.39, 0.29) is 5.78 Å². The van der Waals surface area contributed by atoms with Crippen LogP contribution >= 0.6 is 0 Å². The fraction of sp³-hybridized carbons (Fsp3) is 0.125. The predicted octanol–water partition coefficient (Wildman–Crippen LogP) is 4.96. The summed E-state index contributed by atoms with van der Waals surface area (Å²) in [6.07, 6.45) is 1.93. The molecule has 0 radical (unpaired) electrons. The van der Waals surface area contributed by atoms with Crippen LogP contribution in [0.15, 0.2) is 85.1 Å². The quantitative estimate of drug-likeness (QED) is 0.431. The zero-order valence-electron chi connectivity index (χ0n) is 15.7. The third-order valence-corrected chi connectivity index (χ3v) is 4.71. The number of hydrogen-bond acceptors (Lipinski definition) is 3. The molecule has 140 valence electrons. The first-order valence-corrected chi connectivity index (χ1v) is 9.21. The lowest BCUT2D eigenvalue weighted by molar-refractivity contribution is 0.104. The number of para-hydroxylation sites is 1. The molecule has 4 heteroatoms. The average Bonchev–Trinajstić information content (AvgIpc) is 3.13. The van der Waals surface area contributed by atoms with Gasteiger partial charge in [0.2, 0.25) is 0 Å². The minimum atomic E-state index is 0.0317. The van der Waals surface area contributed by atoms with Crippen LogP contribution in [0.3, 0.4) is 0 Å². The normalized spacial score (nSPS) is 10.8. The number of hydrogen-bond donors (Lipinski definition) is 0. The van der Waals surface area contributed by atoms with E-state index in [9.17, 15) is 4.79 Å². The molecule has 0 spiro atoms. The third kappa shape index (κ3) is 3.62. The summed E-state index contributed by atoms with van der Waals surface area (Å²) in [6.45, 7) is 1.13. The molecule has 0 aliphatic rings. The lowest BCUT2D eigenvalue weighted by Crippen LogP contribution is -2.07. The van der Waals surface area contributed by atoms with Crippen molar-refractivity contribution in [2.45, 2.75) is 6.54 Å². The zero-order chi connectivity index (χ0) is 19.3. The van der Waals surface area contributed by atoms with Crippen molar-refractivity contribution in [1.29, 1.82) is 0 Å². The van der Waals surface area contributed by atoms with Crippen LogP contribution in [-0.4, -0.2) is 24.1 Å². The van der Waals surface area contributed by atoms with E-state index in [0.717, 1.165) is 22.4 Å². The van der Waals surface area contributed by atoms with Crippen LogP contribution in [0.25, 0.3) is 10.9 Å². The molecule has 0 unspecified atom stereocenters. The van der Waals surface area contributed by atoms with E-state index in [1.165, 1.54) is 0 Å². The predicted molar refractivity (Wildman–Crippen MR) is 110 cm³/mol. The van der Waals surface area contributed by atoms with Gasteiger partial charge in [0.1, 0.15) is 18.1 Å². The third-order valence-electron chi connectivity index (χ3n) is 4.71. The first-order valence-electron chi connectivity index (χ1n) is 9.21. The van der Waals surface area contributed by atoms with E-state index < -0.39 is 0 Å². The van der Waals surface area contributed by atoms with Crippen molar-refractivity contribution >= 4 is 16.7 Å². The maximum absolute atomic E-state index is 13.0. The highest BCUT2D eigenvalue weighted by molar-refractivity contribution is 6.16. The number of benzene rings is 3. The fourth-order valence-electron chi connectivity index (χ4n) is 3.31. The molecule has 0 saturated carbocycles. The van der Waals surface area contributed by atoms with Crippen LogP contribution in [0.4, 0.5) is 0 Å². The number of carbonyl (C=O) groups is 1. The Labute approximate surface area is 163 Å². The Bertz CT molecular complexity index is 1100. The SMILES string of the molecule is COc1cccc(OCCn2cc(C(=O)c3ccccc3)c3ccccc32)c1. The van der Waals surface area contributed by atoms with Crippen molar-refractivity contribution in [3.05, 3.63) is 96.2 Å². The molecule has 28 heavy (non-hydrogen) atoms. The summed E-state index contributed by atoms with van der Waals surface area (Å²) in [4.78, 5) is 13.0. The summed E-state index contributed by atoms with van der Waals surface area (Å²) in [5.41, 5.74) is 2.43. The summed E-state index contributed by atoms with van der Waals surface area (Å²) in [5, 5.41) is 0.956. The van der Waals surface area contributed by atoms with E-state index >= 15 is 0 Å². The van der Waals surface area contributed by atoms with Gasteiger partial charge < -0.3 is 14.0 Å². The smallest absolute Gasteiger partial charge is 0.195 e. The molecule has 0 saturated heterocycles. The summed E-state index contributed by atoms with van der Waals surface area (Å²) in [7, 11) is 1.64. The van der Waals surface area contributed by atoms with Crippen molar-refractivity contribution in [3.63, 3.8) is 0 Å². The molecule has 0 aliphatic heterocycles. The first-order chi connectivity index (χ1) is 13.8. The van der Waals surface area contributed by atoms with Gasteiger partial charge in [0.05, 0.1) is 13.7 Å². The molecule has 0 fully saturated rings. The van der Waals surface area contributed by atoms with E-state index in [2.05, 4.69) is 4.57 Å². The molecule has 4 nitrogen and oxygen atoms in total. The van der Waals surface area contributed by atoms with Gasteiger partial charge in [-0.15, -0.1) is 0 Å². The summed E-state index contributed by atoms with van der Waals surface area (Å²) < 4.78 is 13.2. The number of fused-ring (bicyclic) bond motifs is 1. The number of rotatable bonds is 7. The van der Waals surface area contributed by atoms with E-state index in [1.54, 1.807) is 7.11 Å². The molecular weight excluding hydrogens is 350 g/mol. The van der Waals surface area contributed by atoms with Crippen LogP contribution in [-0.2, 0) is 6.54 Å². The Hall–Kier alpha value is -3.53. The van der Waals surface area contributed by atoms with Gasteiger partial charge in [-0.05, 0) is 18.2 Å². The highest BCUT2D eigenvalue weighted by Gasteiger charge is 2.16. The van der Waals surface area contributed by atoms with Gasteiger partial charge in [-0.2, -0.15) is 0 Å². The Morgan fingerprint density at radius 1 is 0.893 bits per heavy atom. The zero-order valence-corrected chi connectivity index (χ0v) is 15.7. The fourth-order valence-corrected chi connectivity index (χ4v) is 3.31. The van der Waals surface area contributed by atoms with Gasteiger partial charge >= 0.3 is 0 Å². The van der Waals surface area contributed by atoms with Crippen LogP contribution in [0.5, 0.6) is 11.5 Å². The van der Waals surface area contributed by atoms with Crippen LogP contribution in [0.1, 0.15) is 15.9 Å². The number of nitrogens with zero attached hydrogens (tertiary/aromatic N) is 1. The van der Waals surface area contributed by atoms with Crippen molar-refractivity contribution < 1.29 is 14.3 Å². The highest BCUT2D eigenvalue weighted by atomic mass is 16.5. The molecule has 1 aromatic heterocycles. The number of ether oxygens (including phenoxy) is 2. The first kappa shape index (κ1) is 17.9. The minimum absolute atomic E-state index is 0.0317. The Morgan fingerprint density at radius 3 is 2.46 bits per heavy atom. The van der Waals surface area contributed by atoms with Crippen molar-refractivity contribution in [2.24, 2.45) is 0 Å². The summed E-state index contributed by atoms with van der Waals surface area (Å²) in [6, 6.07) is 24.9. The van der Waals surface area contributed by atoms with Gasteiger partial charge in [0, 0.05) is 34.3 Å². The van der Waals surface area contributed by atoms with Gasteiger partial charge in [-0.1, -0.05) is 54.6 Å². The van der Waals surface area contributed by atoms with E-state index in [0.29, 0.717) is 24.3 Å². The second-order valence-electron chi connectivity index (χ2n) is 6.48. The van der Waals surface area contributed by atoms with Crippen LogP contribution in [0.2, 0.25) is 0 Å². The minimum Gasteiger partial charge on any atom is -0.497 e. The molecule has 0 aliphatic carbocycles. The number of aromatic nitrogens is 1. The Kier molecular flexibility index (Phi) is 5.11. The number of carbonyl (C=O) groups excluding carboxylic acids is 1. The van der Waals surface area contributed by atoms with E-state index in [4.69, 9.17) is 9.47 Å². The van der Waals surface area contributed by atoms with Gasteiger partial charge in [0.25, 0.3) is 0 Å². The Balaban J connectivity index is 1.57. The van der Waals surface area contributed by atoms with Crippen molar-refractivity contribution in [1.82, 2.24) is 4.57 Å². The monoisotopic (exact) mass is 371 g/mol. The molecule has 0 N–H and O–H groups in total. The lowest BCUT2D eigenvalue weighted by atomic mass is 10.0. The van der Waals surface area contributed by atoms with Crippen molar-refractivity contribution in [2.75, 3.05) is 13.7 Å². The molecule has 0 atom stereocenters. The maximum atomic E-state index is 13.0. The van der Waals surface area contributed by atoms with Gasteiger partial charge in [-0.3, -0.25) is 4.79 Å². The topological polar surface area (TPSA) is 40.5 Å². The molecule has 0 amide bonds. The van der Waals surface area contributed by atoms with Crippen molar-refractivity contribution in [3.8, 4) is 11.5 Å². The summed E-state index contributed by atoms with van der Waals surface area (Å²) >= 11 is 0. The van der Waals surface area contributed by atoms with Crippen LogP contribution in [0, 0.1) is 0 Å². The summed E-state index contributed by atoms with van der Waals surface area (Å²) in [5.74, 6) is 1.56. The second kappa shape index (κ2) is 8.01. The van der Waals surface area contributed by atoms with E-state index in [1.807, 2.05) is 85.1 Å². The van der Waals surface area contributed by atoms with Gasteiger partial charge in [-0.25, -0.2) is 0 Å². The molecule has 4 rings (SSSR count). The molecule has 1 heterocycles. The average molecular weight is 371 g/mol. The maximum Gasteiger partial charge on any atom is 0.195 e. The standard InChI is InChI=1S/C24H21NO3/c1-27-19-10-7-11-20(16-19)28-15-14-25-17-22(21-12-5-6-13-23(21)25)24(26)18-8-3-2-4-9-18/h2-13,16-17H,14-15H2,1H3. The molecule has 3 aromatic carbocycles. The van der Waals surface area contributed by atoms with Gasteiger partial charge in [0.15, 0.2) is 5.78 Å².